The van der Waals surface area contributed by atoms with E-state index in [9.17, 15) is 8.42 Å². The first-order chi connectivity index (χ1) is 23.1. The van der Waals surface area contributed by atoms with Crippen molar-refractivity contribution in [3.63, 3.8) is 0 Å². The number of nitrogens with zero attached hydrogens (tertiary/aromatic N) is 1. The summed E-state index contributed by atoms with van der Waals surface area (Å²) in [6.45, 7) is 9.40. The van der Waals surface area contributed by atoms with Gasteiger partial charge in [-0.3, -0.25) is 0 Å². The number of hydrogen-bond donors (Lipinski definition) is 0. The second-order valence-electron chi connectivity index (χ2n) is 15.7. The van der Waals surface area contributed by atoms with Crippen molar-refractivity contribution in [2.75, 3.05) is 4.90 Å². The van der Waals surface area contributed by atoms with Gasteiger partial charge in [0.25, 0.3) is 0 Å². The Labute approximate surface area is 285 Å². The number of benzene rings is 5. The summed E-state index contributed by atoms with van der Waals surface area (Å²) in [7, 11) is -3.75. The highest BCUT2D eigenvalue weighted by molar-refractivity contribution is 7.91. The van der Waals surface area contributed by atoms with Crippen LogP contribution in [0.4, 0.5) is 17.1 Å². The molecular weight excluding hydrogens is 607 g/mol. The first-order valence-corrected chi connectivity index (χ1v) is 19.2. The molecule has 4 heteroatoms. The van der Waals surface area contributed by atoms with Gasteiger partial charge in [0.1, 0.15) is 0 Å². The van der Waals surface area contributed by atoms with Crippen molar-refractivity contribution in [1.82, 2.24) is 0 Å². The lowest BCUT2D eigenvalue weighted by atomic mass is 9.46. The standard InChI is InChI=1S/C44H43NO2S/c1-28-22-30-24-29(2)25-31(23-28)44(30)38-16-10-11-17-41(38)48(46,47)42-27-34(19-21-39(42)44)45(32-12-6-5-7-13-32)33-18-20-36-35-14-8-9-15-37(35)43(3,4)40(36)26-33/h5-21,26-31H,22-25H2,1-4H3. The fraction of sp³-hybridized carbons (Fsp3) is 0.318. The molecule has 0 unspecified atom stereocenters. The third-order valence-corrected chi connectivity index (χ3v) is 14.3. The van der Waals surface area contributed by atoms with Crippen LogP contribution in [-0.4, -0.2) is 8.42 Å². The molecule has 3 nitrogen and oxygen atoms in total. The first-order valence-electron chi connectivity index (χ1n) is 17.7. The molecule has 0 saturated heterocycles. The van der Waals surface area contributed by atoms with Crippen molar-refractivity contribution in [2.45, 2.75) is 74.0 Å². The Morgan fingerprint density at radius 1 is 0.542 bits per heavy atom. The molecule has 2 saturated carbocycles. The summed E-state index contributed by atoms with van der Waals surface area (Å²) < 4.78 is 29.5. The summed E-state index contributed by atoms with van der Waals surface area (Å²) >= 11 is 0. The lowest BCUT2D eigenvalue weighted by molar-refractivity contribution is 0.0231. The molecule has 5 aromatic rings. The van der Waals surface area contributed by atoms with E-state index in [1.54, 1.807) is 0 Å². The van der Waals surface area contributed by atoms with Crippen molar-refractivity contribution >= 4 is 26.9 Å². The molecule has 4 aliphatic rings. The number of fused-ring (bicyclic) bond motifs is 5. The van der Waals surface area contributed by atoms with Crippen LogP contribution in [0.25, 0.3) is 11.1 Å². The van der Waals surface area contributed by atoms with E-state index in [4.69, 9.17) is 0 Å². The maximum Gasteiger partial charge on any atom is 0.207 e. The monoisotopic (exact) mass is 649 g/mol. The Morgan fingerprint density at radius 2 is 1.08 bits per heavy atom. The highest BCUT2D eigenvalue weighted by Gasteiger charge is 2.59. The van der Waals surface area contributed by atoms with Crippen molar-refractivity contribution in [2.24, 2.45) is 23.7 Å². The average Bonchev–Trinajstić information content (AvgIpc) is 3.30. The molecule has 0 atom stereocenters. The van der Waals surface area contributed by atoms with Gasteiger partial charge >= 0.3 is 0 Å². The molecule has 9 rings (SSSR count). The summed E-state index contributed by atoms with van der Waals surface area (Å²) in [4.78, 5) is 3.25. The molecule has 242 valence electrons. The molecule has 0 aromatic heterocycles. The van der Waals surface area contributed by atoms with Gasteiger partial charge in [0.05, 0.1) is 9.79 Å². The normalized spacial score (nSPS) is 27.0. The van der Waals surface area contributed by atoms with Gasteiger partial charge in [0, 0.05) is 27.9 Å². The zero-order chi connectivity index (χ0) is 33.0. The number of sulfone groups is 1. The predicted molar refractivity (Wildman–Crippen MR) is 195 cm³/mol. The van der Waals surface area contributed by atoms with Crippen LogP contribution in [0.2, 0.25) is 0 Å². The Bertz CT molecular complexity index is 2170. The zero-order valence-electron chi connectivity index (χ0n) is 28.3. The third-order valence-electron chi connectivity index (χ3n) is 12.5. The Balaban J connectivity index is 1.26. The van der Waals surface area contributed by atoms with E-state index in [0.717, 1.165) is 53.9 Å². The van der Waals surface area contributed by atoms with Crippen LogP contribution in [0.5, 0.6) is 0 Å². The maximum absolute atomic E-state index is 14.8. The molecule has 5 aromatic carbocycles. The summed E-state index contributed by atoms with van der Waals surface area (Å²) in [6.07, 6.45) is 4.55. The van der Waals surface area contributed by atoms with Crippen LogP contribution in [0.1, 0.15) is 75.6 Å². The molecule has 2 bridgehead atoms. The van der Waals surface area contributed by atoms with Gasteiger partial charge in [0.2, 0.25) is 9.84 Å². The lowest BCUT2D eigenvalue weighted by Gasteiger charge is -2.59. The van der Waals surface area contributed by atoms with Gasteiger partial charge in [-0.15, -0.1) is 0 Å². The Hall–Kier alpha value is -4.15. The van der Waals surface area contributed by atoms with Crippen LogP contribution in [-0.2, 0) is 20.7 Å². The van der Waals surface area contributed by atoms with Crippen LogP contribution in [0, 0.1) is 23.7 Å². The van der Waals surface area contributed by atoms with E-state index in [0.29, 0.717) is 33.5 Å². The molecule has 1 spiro atoms. The predicted octanol–water partition coefficient (Wildman–Crippen LogP) is 11.0. The SMILES string of the molecule is CC1CC2CC(C)CC(C1)C21c2ccccc2S(=O)(=O)c2cc(N(c3ccccc3)c3ccc4c(c3)C(C)(C)c3ccccc3-4)ccc21. The van der Waals surface area contributed by atoms with Crippen molar-refractivity contribution < 1.29 is 8.42 Å². The smallest absolute Gasteiger partial charge is 0.207 e. The van der Waals surface area contributed by atoms with Gasteiger partial charge in [-0.05, 0) is 125 Å². The summed E-state index contributed by atoms with van der Waals surface area (Å²) in [5.74, 6) is 2.13. The highest BCUT2D eigenvalue weighted by atomic mass is 32.2. The molecule has 1 aliphatic heterocycles. The van der Waals surface area contributed by atoms with E-state index in [2.05, 4.69) is 124 Å². The molecule has 48 heavy (non-hydrogen) atoms. The Morgan fingerprint density at radius 3 is 1.79 bits per heavy atom. The Kier molecular flexibility index (Phi) is 6.50. The molecule has 0 amide bonds. The van der Waals surface area contributed by atoms with E-state index < -0.39 is 9.84 Å². The quantitative estimate of drug-likeness (QED) is 0.195. The lowest BCUT2D eigenvalue weighted by Crippen LogP contribution is -2.54. The third kappa shape index (κ3) is 4.02. The van der Waals surface area contributed by atoms with Crippen molar-refractivity contribution in [3.05, 3.63) is 138 Å². The molecule has 1 heterocycles. The minimum Gasteiger partial charge on any atom is -0.310 e. The number of hydrogen-bond acceptors (Lipinski definition) is 3. The number of para-hydroxylation sites is 1. The maximum atomic E-state index is 14.8. The topological polar surface area (TPSA) is 37.4 Å². The molecular formula is C44H43NO2S. The minimum absolute atomic E-state index is 0.146. The van der Waals surface area contributed by atoms with Crippen molar-refractivity contribution in [3.8, 4) is 11.1 Å². The first kappa shape index (κ1) is 29.9. The second kappa shape index (κ2) is 10.4. The summed E-state index contributed by atoms with van der Waals surface area (Å²) in [5.41, 5.74) is 9.74. The van der Waals surface area contributed by atoms with Gasteiger partial charge in [-0.2, -0.15) is 0 Å². The molecule has 0 radical (unpaired) electrons. The largest absolute Gasteiger partial charge is 0.310 e. The van der Waals surface area contributed by atoms with Crippen LogP contribution < -0.4 is 4.90 Å². The van der Waals surface area contributed by atoms with Crippen LogP contribution >= 0.6 is 0 Å². The molecule has 2 fully saturated rings. The van der Waals surface area contributed by atoms with Crippen LogP contribution in [0.3, 0.4) is 0 Å². The zero-order valence-corrected chi connectivity index (χ0v) is 29.1. The van der Waals surface area contributed by atoms with Gasteiger partial charge in [0.15, 0.2) is 0 Å². The highest BCUT2D eigenvalue weighted by Crippen LogP contribution is 2.64. The number of anilines is 3. The van der Waals surface area contributed by atoms with E-state index in [1.165, 1.54) is 22.3 Å². The number of rotatable bonds is 3. The minimum atomic E-state index is -3.75. The van der Waals surface area contributed by atoms with Gasteiger partial charge in [-0.25, -0.2) is 8.42 Å². The van der Waals surface area contributed by atoms with E-state index in [-0.39, 0.29) is 10.8 Å². The average molecular weight is 650 g/mol. The van der Waals surface area contributed by atoms with E-state index in [1.807, 2.05) is 24.3 Å². The van der Waals surface area contributed by atoms with Crippen LogP contribution in [0.15, 0.2) is 125 Å². The summed E-state index contributed by atoms with van der Waals surface area (Å²) in [5, 5.41) is 0. The van der Waals surface area contributed by atoms with Gasteiger partial charge in [-0.1, -0.05) is 100 Å². The van der Waals surface area contributed by atoms with E-state index >= 15 is 0 Å². The fourth-order valence-electron chi connectivity index (χ4n) is 10.7. The van der Waals surface area contributed by atoms with Crippen molar-refractivity contribution in [1.29, 1.82) is 0 Å². The molecule has 0 N–H and O–H groups in total. The molecule has 3 aliphatic carbocycles. The van der Waals surface area contributed by atoms with Gasteiger partial charge < -0.3 is 4.90 Å². The fourth-order valence-corrected chi connectivity index (χ4v) is 12.5. The summed E-state index contributed by atoms with van der Waals surface area (Å²) in [6, 6.07) is 40.2. The second-order valence-corrected chi connectivity index (χ2v) is 17.6.